The SMILES string of the molecule is COc1ccc(/C=C\N)c(-c2nc(N3CCOCC3)c3sc(CN4CCN(C)CC4)cc3n2)c1. The first kappa shape index (κ1) is 23.0. The largest absolute Gasteiger partial charge is 0.497 e. The van der Waals surface area contributed by atoms with E-state index in [-0.39, 0.29) is 0 Å². The Morgan fingerprint density at radius 2 is 1.88 bits per heavy atom. The molecule has 5 rings (SSSR count). The van der Waals surface area contributed by atoms with Gasteiger partial charge in [-0.3, -0.25) is 4.90 Å². The molecule has 0 unspecified atom stereocenters. The summed E-state index contributed by atoms with van der Waals surface area (Å²) in [6.07, 6.45) is 3.43. The van der Waals surface area contributed by atoms with E-state index in [0.29, 0.717) is 19.0 Å². The number of anilines is 1. The van der Waals surface area contributed by atoms with E-state index in [1.807, 2.05) is 35.6 Å². The molecule has 2 aliphatic rings. The van der Waals surface area contributed by atoms with Crippen LogP contribution in [-0.4, -0.2) is 86.4 Å². The maximum Gasteiger partial charge on any atom is 0.162 e. The van der Waals surface area contributed by atoms with Gasteiger partial charge in [-0.05, 0) is 43.1 Å². The zero-order chi connectivity index (χ0) is 23.5. The van der Waals surface area contributed by atoms with E-state index in [1.54, 1.807) is 13.3 Å². The van der Waals surface area contributed by atoms with Gasteiger partial charge in [-0.25, -0.2) is 9.97 Å². The summed E-state index contributed by atoms with van der Waals surface area (Å²) in [7, 11) is 3.86. The molecule has 0 atom stereocenters. The minimum atomic E-state index is 0.685. The van der Waals surface area contributed by atoms with Crippen molar-refractivity contribution in [2.24, 2.45) is 5.73 Å². The third kappa shape index (κ3) is 4.88. The number of nitrogens with two attached hydrogens (primary N) is 1. The van der Waals surface area contributed by atoms with Crippen LogP contribution in [0.15, 0.2) is 30.5 Å². The molecule has 0 radical (unpaired) electrons. The Kier molecular flexibility index (Phi) is 6.96. The van der Waals surface area contributed by atoms with Crippen LogP contribution in [0.2, 0.25) is 0 Å². The predicted molar refractivity (Wildman–Crippen MR) is 138 cm³/mol. The van der Waals surface area contributed by atoms with Crippen LogP contribution in [0.25, 0.3) is 27.7 Å². The first-order valence-corrected chi connectivity index (χ1v) is 12.6. The lowest BCUT2D eigenvalue weighted by atomic mass is 10.1. The Morgan fingerprint density at radius 3 is 2.62 bits per heavy atom. The number of hydrogen-bond acceptors (Lipinski definition) is 9. The average molecular weight is 481 g/mol. The van der Waals surface area contributed by atoms with E-state index in [9.17, 15) is 0 Å². The van der Waals surface area contributed by atoms with Crippen molar-refractivity contribution in [3.8, 4) is 17.1 Å². The van der Waals surface area contributed by atoms with Gasteiger partial charge in [-0.1, -0.05) is 6.07 Å². The molecule has 2 saturated heterocycles. The minimum absolute atomic E-state index is 0.685. The quantitative estimate of drug-likeness (QED) is 0.577. The summed E-state index contributed by atoms with van der Waals surface area (Å²) in [4.78, 5) is 18.7. The number of morpholine rings is 1. The molecule has 2 aliphatic heterocycles. The number of likely N-dealkylation sites (N-methyl/N-ethyl adjacent to an activating group) is 1. The highest BCUT2D eigenvalue weighted by molar-refractivity contribution is 7.19. The summed E-state index contributed by atoms with van der Waals surface area (Å²) in [5.74, 6) is 2.44. The van der Waals surface area contributed by atoms with Crippen LogP contribution in [0.4, 0.5) is 5.82 Å². The van der Waals surface area contributed by atoms with Crippen molar-refractivity contribution in [1.29, 1.82) is 0 Å². The molecule has 0 saturated carbocycles. The van der Waals surface area contributed by atoms with Gasteiger partial charge in [0.2, 0.25) is 0 Å². The van der Waals surface area contributed by atoms with E-state index in [4.69, 9.17) is 25.2 Å². The smallest absolute Gasteiger partial charge is 0.162 e. The fraction of sp³-hybridized carbons (Fsp3) is 0.440. The van der Waals surface area contributed by atoms with Gasteiger partial charge in [-0.2, -0.15) is 0 Å². The summed E-state index contributed by atoms with van der Waals surface area (Å²) in [5, 5.41) is 0. The Morgan fingerprint density at radius 1 is 1.09 bits per heavy atom. The minimum Gasteiger partial charge on any atom is -0.497 e. The summed E-state index contributed by atoms with van der Waals surface area (Å²) in [6, 6.07) is 8.15. The fourth-order valence-electron chi connectivity index (χ4n) is 4.48. The summed E-state index contributed by atoms with van der Waals surface area (Å²) >= 11 is 1.82. The molecule has 2 N–H and O–H groups in total. The van der Waals surface area contributed by atoms with E-state index in [0.717, 1.165) is 78.7 Å². The number of fused-ring (bicyclic) bond motifs is 1. The van der Waals surface area contributed by atoms with Crippen molar-refractivity contribution >= 4 is 33.4 Å². The Bertz CT molecular complexity index is 1170. The second-order valence-electron chi connectivity index (χ2n) is 8.79. The summed E-state index contributed by atoms with van der Waals surface area (Å²) < 4.78 is 12.3. The molecule has 0 bridgehead atoms. The van der Waals surface area contributed by atoms with Crippen molar-refractivity contribution < 1.29 is 9.47 Å². The fourth-order valence-corrected chi connectivity index (χ4v) is 5.64. The van der Waals surface area contributed by atoms with Gasteiger partial charge in [0.15, 0.2) is 11.6 Å². The molecule has 2 fully saturated rings. The van der Waals surface area contributed by atoms with Gasteiger partial charge in [0.25, 0.3) is 0 Å². The molecular formula is C25H32N6O2S. The molecule has 4 heterocycles. The molecule has 1 aromatic carbocycles. The highest BCUT2D eigenvalue weighted by Gasteiger charge is 2.22. The van der Waals surface area contributed by atoms with Crippen molar-refractivity contribution in [2.75, 3.05) is 71.5 Å². The molecule has 8 nitrogen and oxygen atoms in total. The van der Waals surface area contributed by atoms with E-state index in [2.05, 4.69) is 27.8 Å². The van der Waals surface area contributed by atoms with Crippen molar-refractivity contribution in [3.63, 3.8) is 0 Å². The van der Waals surface area contributed by atoms with Crippen molar-refractivity contribution in [1.82, 2.24) is 19.8 Å². The third-order valence-electron chi connectivity index (χ3n) is 6.47. The molecule has 34 heavy (non-hydrogen) atoms. The highest BCUT2D eigenvalue weighted by Crippen LogP contribution is 2.36. The van der Waals surface area contributed by atoms with E-state index in [1.165, 1.54) is 4.88 Å². The molecule has 180 valence electrons. The Hall–Kier alpha value is -2.72. The number of hydrogen-bond donors (Lipinski definition) is 1. The monoisotopic (exact) mass is 480 g/mol. The van der Waals surface area contributed by atoms with Crippen LogP contribution < -0.4 is 15.4 Å². The van der Waals surface area contributed by atoms with Crippen LogP contribution in [0, 0.1) is 0 Å². The maximum absolute atomic E-state index is 5.74. The van der Waals surface area contributed by atoms with Crippen LogP contribution in [0.5, 0.6) is 5.75 Å². The number of benzene rings is 1. The molecule has 2 aromatic heterocycles. The number of aromatic nitrogens is 2. The number of methoxy groups -OCH3 is 1. The predicted octanol–water partition coefficient (Wildman–Crippen LogP) is 2.88. The van der Waals surface area contributed by atoms with Crippen LogP contribution in [-0.2, 0) is 11.3 Å². The van der Waals surface area contributed by atoms with E-state index < -0.39 is 0 Å². The maximum atomic E-state index is 5.74. The number of rotatable bonds is 6. The van der Waals surface area contributed by atoms with Crippen LogP contribution in [0.3, 0.4) is 0 Å². The highest BCUT2D eigenvalue weighted by atomic mass is 32.1. The molecule has 0 spiro atoms. The lowest BCUT2D eigenvalue weighted by Crippen LogP contribution is -2.43. The molecule has 3 aromatic rings. The number of nitrogens with zero attached hydrogens (tertiary/aromatic N) is 5. The van der Waals surface area contributed by atoms with Crippen LogP contribution >= 0.6 is 11.3 Å². The standard InChI is InChI=1S/C25H32N6O2S/c1-29-7-9-30(10-8-29)17-20-16-22-23(34-20)25(31-11-13-33-14-12-31)28-24(27-22)21-15-19(32-2)4-3-18(21)5-6-26/h3-6,15-16H,7-14,17,26H2,1-2H3/b6-5-. The average Bonchev–Trinajstić information content (AvgIpc) is 3.28. The zero-order valence-electron chi connectivity index (χ0n) is 19.9. The van der Waals surface area contributed by atoms with Gasteiger partial charge in [0, 0.05) is 56.3 Å². The lowest BCUT2D eigenvalue weighted by Gasteiger charge is -2.31. The second kappa shape index (κ2) is 10.3. The van der Waals surface area contributed by atoms with Gasteiger partial charge in [0.05, 0.1) is 30.5 Å². The van der Waals surface area contributed by atoms with Gasteiger partial charge in [-0.15, -0.1) is 11.3 Å². The van der Waals surface area contributed by atoms with Gasteiger partial charge >= 0.3 is 0 Å². The number of thiophene rings is 1. The summed E-state index contributed by atoms with van der Waals surface area (Å²) in [5.41, 5.74) is 8.60. The van der Waals surface area contributed by atoms with Gasteiger partial charge in [0.1, 0.15) is 5.75 Å². The molecule has 0 amide bonds. The molecule has 0 aliphatic carbocycles. The first-order chi connectivity index (χ1) is 16.6. The molecular weight excluding hydrogens is 448 g/mol. The van der Waals surface area contributed by atoms with Gasteiger partial charge < -0.3 is 25.0 Å². The van der Waals surface area contributed by atoms with Crippen molar-refractivity contribution in [2.45, 2.75) is 6.54 Å². The zero-order valence-corrected chi connectivity index (χ0v) is 20.7. The Balaban J connectivity index is 1.58. The number of piperazine rings is 1. The topological polar surface area (TPSA) is 80.0 Å². The lowest BCUT2D eigenvalue weighted by molar-refractivity contribution is 0.122. The second-order valence-corrected chi connectivity index (χ2v) is 9.93. The summed E-state index contributed by atoms with van der Waals surface area (Å²) in [6.45, 7) is 8.43. The Labute approximate surface area is 204 Å². The van der Waals surface area contributed by atoms with E-state index >= 15 is 0 Å². The van der Waals surface area contributed by atoms with Crippen molar-refractivity contribution in [3.05, 3.63) is 40.9 Å². The number of ether oxygens (including phenoxy) is 2. The first-order valence-electron chi connectivity index (χ1n) is 11.8. The normalized spacial score (nSPS) is 18.2. The van der Waals surface area contributed by atoms with Crippen LogP contribution in [0.1, 0.15) is 10.4 Å². The third-order valence-corrected chi connectivity index (χ3v) is 7.57. The molecule has 9 heteroatoms.